The number of carbonyl (C=O) groups is 2. The molecule has 1 amide bonds. The predicted molar refractivity (Wildman–Crippen MR) is 96.0 cm³/mol. The summed E-state index contributed by atoms with van der Waals surface area (Å²) in [6.07, 6.45) is -0.409. The Labute approximate surface area is 160 Å². The number of aryl methyl sites for hydroxylation is 1. The zero-order chi connectivity index (χ0) is 19.6. The van der Waals surface area contributed by atoms with E-state index < -0.39 is 17.5 Å². The van der Waals surface area contributed by atoms with Crippen LogP contribution in [0.4, 0.5) is 8.78 Å². The van der Waals surface area contributed by atoms with Crippen molar-refractivity contribution >= 4 is 34.4 Å². The standard InChI is InChI=1S/C17H13F2N3O3S2/c1-8-15(27-17(20-8)16(24)22-25)13-7-26-14(21-13)6-9(23)5-10-11(18)3-2-4-12(10)19/h2-4,7,25H,5-6H2,1H3,(H,22,24). The van der Waals surface area contributed by atoms with E-state index in [0.717, 1.165) is 23.5 Å². The van der Waals surface area contributed by atoms with Crippen LogP contribution in [0.5, 0.6) is 0 Å². The number of nitrogens with one attached hydrogen (secondary N) is 1. The van der Waals surface area contributed by atoms with Crippen LogP contribution in [0.25, 0.3) is 10.6 Å². The molecule has 2 aromatic heterocycles. The van der Waals surface area contributed by atoms with Crippen molar-refractivity contribution < 1.29 is 23.6 Å². The van der Waals surface area contributed by atoms with Crippen LogP contribution in [0.1, 0.15) is 26.1 Å². The molecular weight excluding hydrogens is 396 g/mol. The van der Waals surface area contributed by atoms with Crippen LogP contribution in [0.2, 0.25) is 0 Å². The molecule has 0 aliphatic rings. The molecular formula is C17H13F2N3O3S2. The van der Waals surface area contributed by atoms with Crippen molar-refractivity contribution in [3.05, 3.63) is 56.5 Å². The first-order valence-corrected chi connectivity index (χ1v) is 9.40. The Morgan fingerprint density at radius 1 is 1.19 bits per heavy atom. The van der Waals surface area contributed by atoms with Crippen LogP contribution >= 0.6 is 22.7 Å². The largest absolute Gasteiger partial charge is 0.303 e. The molecule has 0 bridgehead atoms. The molecule has 140 valence electrons. The van der Waals surface area contributed by atoms with Crippen LogP contribution in [0, 0.1) is 18.6 Å². The topological polar surface area (TPSA) is 92.2 Å². The molecule has 0 saturated carbocycles. The van der Waals surface area contributed by atoms with Crippen LogP contribution in [-0.2, 0) is 17.6 Å². The Morgan fingerprint density at radius 3 is 2.56 bits per heavy atom. The lowest BCUT2D eigenvalue weighted by atomic mass is 10.1. The number of benzene rings is 1. The average Bonchev–Trinajstić information content (AvgIpc) is 3.24. The number of halogens is 2. The van der Waals surface area contributed by atoms with Gasteiger partial charge in [0.25, 0.3) is 0 Å². The molecule has 2 heterocycles. The molecule has 1 aromatic carbocycles. The summed E-state index contributed by atoms with van der Waals surface area (Å²) >= 11 is 2.29. The van der Waals surface area contributed by atoms with Gasteiger partial charge in [0.2, 0.25) is 0 Å². The third-order valence-electron chi connectivity index (χ3n) is 3.66. The second-order valence-electron chi connectivity index (χ2n) is 5.59. The highest BCUT2D eigenvalue weighted by molar-refractivity contribution is 7.17. The van der Waals surface area contributed by atoms with Gasteiger partial charge in [-0.1, -0.05) is 6.07 Å². The molecule has 6 nitrogen and oxygen atoms in total. The number of amides is 1. The smallest absolute Gasteiger partial charge is 0.299 e. The maximum Gasteiger partial charge on any atom is 0.303 e. The zero-order valence-electron chi connectivity index (χ0n) is 14.0. The first-order chi connectivity index (χ1) is 12.9. The van der Waals surface area contributed by atoms with Crippen molar-refractivity contribution in [2.24, 2.45) is 0 Å². The van der Waals surface area contributed by atoms with Gasteiger partial charge in [-0.2, -0.15) is 0 Å². The number of nitrogens with zero attached hydrogens (tertiary/aromatic N) is 2. The predicted octanol–water partition coefficient (Wildman–Crippen LogP) is 3.33. The molecule has 0 unspecified atom stereocenters. The van der Waals surface area contributed by atoms with Gasteiger partial charge in [0, 0.05) is 17.4 Å². The number of thiazole rings is 2. The van der Waals surface area contributed by atoms with Gasteiger partial charge in [-0.3, -0.25) is 14.8 Å². The van der Waals surface area contributed by atoms with E-state index in [4.69, 9.17) is 5.21 Å². The minimum absolute atomic E-state index is 0.0553. The summed E-state index contributed by atoms with van der Waals surface area (Å²) in [5.41, 5.74) is 2.38. The summed E-state index contributed by atoms with van der Waals surface area (Å²) in [5.74, 6) is -2.58. The van der Waals surface area contributed by atoms with E-state index in [0.29, 0.717) is 21.3 Å². The van der Waals surface area contributed by atoms with E-state index in [-0.39, 0.29) is 29.2 Å². The second-order valence-corrected chi connectivity index (χ2v) is 7.54. The lowest BCUT2D eigenvalue weighted by Crippen LogP contribution is -2.18. The minimum Gasteiger partial charge on any atom is -0.299 e. The number of rotatable bonds is 6. The van der Waals surface area contributed by atoms with Gasteiger partial charge in [0.15, 0.2) is 5.01 Å². The summed E-state index contributed by atoms with van der Waals surface area (Å²) in [6.45, 7) is 1.70. The zero-order valence-corrected chi connectivity index (χ0v) is 15.6. The van der Waals surface area contributed by atoms with E-state index in [1.54, 1.807) is 12.3 Å². The monoisotopic (exact) mass is 409 g/mol. The minimum atomic E-state index is -0.752. The number of Topliss-reactive ketones (excluding diaryl/α,β-unsaturated/α-hetero) is 1. The Kier molecular flexibility index (Phi) is 5.68. The number of ketones is 1. The van der Waals surface area contributed by atoms with Gasteiger partial charge < -0.3 is 0 Å². The number of hydroxylamine groups is 1. The summed E-state index contributed by atoms with van der Waals surface area (Å²) < 4.78 is 27.3. The summed E-state index contributed by atoms with van der Waals surface area (Å²) in [7, 11) is 0. The van der Waals surface area contributed by atoms with Crippen molar-refractivity contribution in [1.82, 2.24) is 15.4 Å². The molecule has 0 radical (unpaired) electrons. The quantitative estimate of drug-likeness (QED) is 0.481. The van der Waals surface area contributed by atoms with Crippen molar-refractivity contribution in [2.75, 3.05) is 0 Å². The fourth-order valence-electron chi connectivity index (χ4n) is 2.40. The van der Waals surface area contributed by atoms with Gasteiger partial charge in [0.05, 0.1) is 22.7 Å². The summed E-state index contributed by atoms with van der Waals surface area (Å²) in [4.78, 5) is 32.7. The molecule has 0 aliphatic carbocycles. The molecule has 2 N–H and O–H groups in total. The third-order valence-corrected chi connectivity index (χ3v) is 5.69. The van der Waals surface area contributed by atoms with Crippen molar-refractivity contribution in [1.29, 1.82) is 0 Å². The molecule has 3 aromatic rings. The van der Waals surface area contributed by atoms with E-state index in [1.807, 2.05) is 0 Å². The van der Waals surface area contributed by atoms with Gasteiger partial charge >= 0.3 is 5.91 Å². The first-order valence-electron chi connectivity index (χ1n) is 7.70. The first kappa shape index (κ1) is 19.2. The highest BCUT2D eigenvalue weighted by Gasteiger charge is 2.19. The fourth-order valence-corrected chi connectivity index (χ4v) is 4.21. The Morgan fingerprint density at radius 2 is 1.89 bits per heavy atom. The maximum absolute atomic E-state index is 13.7. The molecule has 27 heavy (non-hydrogen) atoms. The van der Waals surface area contributed by atoms with Gasteiger partial charge in [-0.15, -0.1) is 22.7 Å². The normalized spacial score (nSPS) is 10.8. The number of hydrogen-bond donors (Lipinski definition) is 2. The van der Waals surface area contributed by atoms with E-state index >= 15 is 0 Å². The molecule has 0 atom stereocenters. The van der Waals surface area contributed by atoms with E-state index in [2.05, 4.69) is 9.97 Å². The van der Waals surface area contributed by atoms with Crippen LogP contribution < -0.4 is 5.48 Å². The van der Waals surface area contributed by atoms with Crippen molar-refractivity contribution in [3.63, 3.8) is 0 Å². The number of hydrogen-bond acceptors (Lipinski definition) is 7. The van der Waals surface area contributed by atoms with Crippen molar-refractivity contribution in [3.8, 4) is 10.6 Å². The van der Waals surface area contributed by atoms with Gasteiger partial charge in [0.1, 0.15) is 22.4 Å². The highest BCUT2D eigenvalue weighted by Crippen LogP contribution is 2.31. The Balaban J connectivity index is 1.74. The fraction of sp³-hybridized carbons (Fsp3) is 0.176. The number of carbonyl (C=O) groups excluding carboxylic acids is 2. The van der Waals surface area contributed by atoms with Crippen LogP contribution in [-0.4, -0.2) is 26.9 Å². The third kappa shape index (κ3) is 4.24. The average molecular weight is 409 g/mol. The summed E-state index contributed by atoms with van der Waals surface area (Å²) in [6, 6.07) is 3.47. The summed E-state index contributed by atoms with van der Waals surface area (Å²) in [5, 5.41) is 11.0. The van der Waals surface area contributed by atoms with Gasteiger partial charge in [-0.05, 0) is 19.1 Å². The molecule has 0 saturated heterocycles. The highest BCUT2D eigenvalue weighted by atomic mass is 32.1. The Bertz CT molecular complexity index is 997. The van der Waals surface area contributed by atoms with E-state index in [1.165, 1.54) is 22.9 Å². The molecule has 0 aliphatic heterocycles. The van der Waals surface area contributed by atoms with E-state index in [9.17, 15) is 18.4 Å². The van der Waals surface area contributed by atoms with Crippen LogP contribution in [0.3, 0.4) is 0 Å². The van der Waals surface area contributed by atoms with Crippen molar-refractivity contribution in [2.45, 2.75) is 19.8 Å². The number of aromatic nitrogens is 2. The second kappa shape index (κ2) is 7.99. The molecule has 0 fully saturated rings. The lowest BCUT2D eigenvalue weighted by Gasteiger charge is -2.03. The van der Waals surface area contributed by atoms with Crippen LogP contribution in [0.15, 0.2) is 23.6 Å². The molecule has 0 spiro atoms. The maximum atomic E-state index is 13.7. The molecule has 10 heteroatoms. The molecule has 3 rings (SSSR count). The van der Waals surface area contributed by atoms with Gasteiger partial charge in [-0.25, -0.2) is 24.2 Å². The Hall–Kier alpha value is -2.56. The SMILES string of the molecule is Cc1nc(C(=O)NO)sc1-c1csc(CC(=O)Cc2c(F)cccc2F)n1. The lowest BCUT2D eigenvalue weighted by molar-refractivity contribution is -0.117.